The van der Waals surface area contributed by atoms with Crippen LogP contribution >= 0.6 is 0 Å². The van der Waals surface area contributed by atoms with Crippen LogP contribution in [0.5, 0.6) is 0 Å². The minimum absolute atomic E-state index is 0.224. The summed E-state index contributed by atoms with van der Waals surface area (Å²) in [5, 5.41) is 11.7. The molecule has 25 heavy (non-hydrogen) atoms. The number of nitrogens with one attached hydrogen (secondary N) is 1. The Morgan fingerprint density at radius 1 is 1.36 bits per heavy atom. The fourth-order valence-electron chi connectivity index (χ4n) is 2.18. The summed E-state index contributed by atoms with van der Waals surface area (Å²) in [6.45, 7) is 4.28. The molecule has 136 valence electrons. The van der Waals surface area contributed by atoms with E-state index in [1.807, 2.05) is 19.9 Å². The Morgan fingerprint density at radius 2 is 2.08 bits per heavy atom. The molecule has 0 bridgehead atoms. The predicted octanol–water partition coefficient (Wildman–Crippen LogP) is 2.25. The smallest absolute Gasteiger partial charge is 0.321 e. The minimum Gasteiger partial charge on any atom is -0.361 e. The molecular weight excluding hydrogens is 344 g/mol. The molecule has 0 aliphatic carbocycles. The summed E-state index contributed by atoms with van der Waals surface area (Å²) < 4.78 is 27.5. The van der Waals surface area contributed by atoms with Crippen molar-refractivity contribution < 1.29 is 17.7 Å². The summed E-state index contributed by atoms with van der Waals surface area (Å²) >= 11 is 0. The number of hydrogen-bond donors (Lipinski definition) is 2. The molecule has 0 spiro atoms. The quantitative estimate of drug-likeness (QED) is 0.813. The molecule has 3 N–H and O–H groups in total. The van der Waals surface area contributed by atoms with E-state index in [-0.39, 0.29) is 17.7 Å². The van der Waals surface area contributed by atoms with Crippen LogP contribution in [0.2, 0.25) is 0 Å². The van der Waals surface area contributed by atoms with Crippen LogP contribution in [0.15, 0.2) is 34.9 Å². The average Bonchev–Trinajstić information content (AvgIpc) is 2.94. The number of primary sulfonamides is 1. The number of carbonyl (C=O) groups excluding carboxylic acids is 1. The lowest BCUT2D eigenvalue weighted by Crippen LogP contribution is -2.31. The second-order valence-corrected chi connectivity index (χ2v) is 7.78. The fraction of sp³-hybridized carbons (Fsp3) is 0.375. The van der Waals surface area contributed by atoms with Gasteiger partial charge in [0.05, 0.1) is 12.3 Å². The van der Waals surface area contributed by atoms with Crippen LogP contribution in [0.3, 0.4) is 0 Å². The van der Waals surface area contributed by atoms with E-state index >= 15 is 0 Å². The highest BCUT2D eigenvalue weighted by Gasteiger charge is 2.14. The van der Waals surface area contributed by atoms with Crippen LogP contribution in [0.1, 0.15) is 36.8 Å². The van der Waals surface area contributed by atoms with Gasteiger partial charge in [-0.15, -0.1) is 0 Å². The molecule has 2 aromatic rings. The molecular formula is C16H22N4O4S. The van der Waals surface area contributed by atoms with Gasteiger partial charge in [-0.3, -0.25) is 0 Å². The third kappa shape index (κ3) is 5.87. The molecule has 0 radical (unpaired) electrons. The van der Waals surface area contributed by atoms with Gasteiger partial charge in [0.15, 0.2) is 0 Å². The second-order valence-electron chi connectivity index (χ2n) is 6.17. The standard InChI is InChI=1S/C16H22N4O4S/c1-11(2)15-8-14(19-24-15)9-20(3)16(21)18-13-6-4-5-12(7-13)10-25(17,22)23/h4-8,11H,9-10H2,1-3H3,(H,18,21)(H2,17,22,23). The highest BCUT2D eigenvalue weighted by molar-refractivity contribution is 7.88. The number of sulfonamides is 1. The zero-order valence-electron chi connectivity index (χ0n) is 14.4. The maximum Gasteiger partial charge on any atom is 0.321 e. The van der Waals surface area contributed by atoms with Crippen molar-refractivity contribution in [2.45, 2.75) is 32.1 Å². The van der Waals surface area contributed by atoms with Gasteiger partial charge in [-0.2, -0.15) is 0 Å². The topological polar surface area (TPSA) is 119 Å². The van der Waals surface area contributed by atoms with Crippen molar-refractivity contribution in [3.05, 3.63) is 47.3 Å². The average molecular weight is 366 g/mol. The number of hydrogen-bond acceptors (Lipinski definition) is 5. The Morgan fingerprint density at radius 3 is 2.68 bits per heavy atom. The maximum atomic E-state index is 12.3. The molecule has 9 heteroatoms. The number of benzene rings is 1. The minimum atomic E-state index is -3.63. The van der Waals surface area contributed by atoms with Gasteiger partial charge in [-0.05, 0) is 17.7 Å². The Balaban J connectivity index is 1.99. The maximum absolute atomic E-state index is 12.3. The molecule has 0 saturated heterocycles. The number of amides is 2. The summed E-state index contributed by atoms with van der Waals surface area (Å²) in [6, 6.07) is 8.01. The van der Waals surface area contributed by atoms with Gasteiger partial charge in [0, 0.05) is 24.7 Å². The number of nitrogens with zero attached hydrogens (tertiary/aromatic N) is 2. The highest BCUT2D eigenvalue weighted by atomic mass is 32.2. The molecule has 0 aliphatic rings. The van der Waals surface area contributed by atoms with Crippen molar-refractivity contribution in [2.75, 3.05) is 12.4 Å². The molecule has 2 amide bonds. The fourth-order valence-corrected chi connectivity index (χ4v) is 2.82. The predicted molar refractivity (Wildman–Crippen MR) is 94.3 cm³/mol. The van der Waals surface area contributed by atoms with E-state index in [0.29, 0.717) is 23.5 Å². The van der Waals surface area contributed by atoms with Crippen molar-refractivity contribution in [1.29, 1.82) is 0 Å². The highest BCUT2D eigenvalue weighted by Crippen LogP contribution is 2.17. The van der Waals surface area contributed by atoms with E-state index in [1.54, 1.807) is 31.3 Å². The summed E-state index contributed by atoms with van der Waals surface area (Å²) in [7, 11) is -1.99. The second kappa shape index (κ2) is 7.66. The van der Waals surface area contributed by atoms with Crippen LogP contribution in [0.25, 0.3) is 0 Å². The van der Waals surface area contributed by atoms with Gasteiger partial charge in [-0.1, -0.05) is 31.1 Å². The normalized spacial score (nSPS) is 11.6. The third-order valence-electron chi connectivity index (χ3n) is 3.44. The number of carbonyl (C=O) groups is 1. The van der Waals surface area contributed by atoms with Crippen molar-refractivity contribution in [3.8, 4) is 0 Å². The number of rotatable bonds is 6. The third-order valence-corrected chi connectivity index (χ3v) is 4.17. The number of aromatic nitrogens is 1. The lowest BCUT2D eigenvalue weighted by atomic mass is 10.1. The van der Waals surface area contributed by atoms with E-state index in [0.717, 1.165) is 5.76 Å². The van der Waals surface area contributed by atoms with Gasteiger partial charge >= 0.3 is 6.03 Å². The number of nitrogens with two attached hydrogens (primary N) is 1. The first kappa shape index (κ1) is 18.9. The van der Waals surface area contributed by atoms with Gasteiger partial charge in [-0.25, -0.2) is 18.4 Å². The van der Waals surface area contributed by atoms with Crippen LogP contribution in [-0.2, 0) is 22.3 Å². The number of anilines is 1. The summed E-state index contributed by atoms with van der Waals surface area (Å²) in [5.74, 6) is 0.699. The summed E-state index contributed by atoms with van der Waals surface area (Å²) in [4.78, 5) is 13.7. The Hall–Kier alpha value is -2.39. The van der Waals surface area contributed by atoms with Gasteiger partial charge in [0.1, 0.15) is 11.5 Å². The first-order valence-corrected chi connectivity index (χ1v) is 9.42. The molecule has 0 fully saturated rings. The van der Waals surface area contributed by atoms with Crippen LogP contribution in [-0.4, -0.2) is 31.6 Å². The zero-order chi connectivity index (χ0) is 18.6. The molecule has 8 nitrogen and oxygen atoms in total. The van der Waals surface area contributed by atoms with Gasteiger partial charge in [0.25, 0.3) is 0 Å². The Labute approximate surface area is 147 Å². The van der Waals surface area contributed by atoms with E-state index in [2.05, 4.69) is 10.5 Å². The monoisotopic (exact) mass is 366 g/mol. The number of urea groups is 1. The van der Waals surface area contributed by atoms with Gasteiger partial charge in [0.2, 0.25) is 10.0 Å². The van der Waals surface area contributed by atoms with Gasteiger partial charge < -0.3 is 14.7 Å². The van der Waals surface area contributed by atoms with Crippen LogP contribution < -0.4 is 10.5 Å². The Kier molecular flexibility index (Phi) is 5.81. The lowest BCUT2D eigenvalue weighted by molar-refractivity contribution is 0.219. The molecule has 1 aromatic carbocycles. The molecule has 2 rings (SSSR count). The SMILES string of the molecule is CC(C)c1cc(CN(C)C(=O)Nc2cccc(CS(N)(=O)=O)c2)no1. The molecule has 0 aliphatic heterocycles. The van der Waals surface area contributed by atoms with Crippen molar-refractivity contribution in [1.82, 2.24) is 10.1 Å². The molecule has 1 aromatic heterocycles. The van der Waals surface area contributed by atoms with E-state index < -0.39 is 10.0 Å². The van der Waals surface area contributed by atoms with Crippen molar-refractivity contribution in [3.63, 3.8) is 0 Å². The lowest BCUT2D eigenvalue weighted by Gasteiger charge is -2.16. The first-order valence-electron chi connectivity index (χ1n) is 7.71. The summed E-state index contributed by atoms with van der Waals surface area (Å²) in [5.41, 5.74) is 1.64. The molecule has 1 heterocycles. The summed E-state index contributed by atoms with van der Waals surface area (Å²) in [6.07, 6.45) is 0. The largest absolute Gasteiger partial charge is 0.361 e. The molecule has 0 atom stereocenters. The van der Waals surface area contributed by atoms with Crippen LogP contribution in [0, 0.1) is 0 Å². The van der Waals surface area contributed by atoms with Crippen molar-refractivity contribution >= 4 is 21.7 Å². The zero-order valence-corrected chi connectivity index (χ0v) is 15.2. The van der Waals surface area contributed by atoms with E-state index in [4.69, 9.17) is 9.66 Å². The van der Waals surface area contributed by atoms with Crippen LogP contribution in [0.4, 0.5) is 10.5 Å². The van der Waals surface area contributed by atoms with E-state index in [1.165, 1.54) is 4.90 Å². The first-order chi connectivity index (χ1) is 11.6. The Bertz CT molecular complexity index is 845. The van der Waals surface area contributed by atoms with Crippen molar-refractivity contribution in [2.24, 2.45) is 5.14 Å². The molecule has 0 unspecified atom stereocenters. The molecule has 0 saturated carbocycles. The van der Waals surface area contributed by atoms with E-state index in [9.17, 15) is 13.2 Å².